The summed E-state index contributed by atoms with van der Waals surface area (Å²) in [6.07, 6.45) is 0.724. The Bertz CT molecular complexity index is 479. The molecular weight excluding hydrogens is 266 g/mol. The van der Waals surface area contributed by atoms with E-state index in [1.165, 1.54) is 5.56 Å². The van der Waals surface area contributed by atoms with Gasteiger partial charge in [0.25, 0.3) is 0 Å². The number of amides is 2. The normalized spacial score (nSPS) is 15.1. The van der Waals surface area contributed by atoms with Crippen LogP contribution in [0.4, 0.5) is 0 Å². The minimum absolute atomic E-state index is 0. The third-order valence-electron chi connectivity index (χ3n) is 3.18. The Morgan fingerprint density at radius 3 is 2.53 bits per heavy atom. The molecular formula is C13H18ClN3O2. The third kappa shape index (κ3) is 3.68. The first-order valence-electron chi connectivity index (χ1n) is 5.97. The molecule has 2 rings (SSSR count). The van der Waals surface area contributed by atoms with Crippen molar-refractivity contribution in [1.29, 1.82) is 0 Å². The van der Waals surface area contributed by atoms with Crippen LogP contribution in [0.2, 0.25) is 0 Å². The quantitative estimate of drug-likeness (QED) is 0.830. The summed E-state index contributed by atoms with van der Waals surface area (Å²) in [6, 6.07) is 7.20. The Morgan fingerprint density at radius 1 is 1.26 bits per heavy atom. The zero-order valence-corrected chi connectivity index (χ0v) is 11.4. The predicted octanol–water partition coefficient (Wildman–Crippen LogP) is 0.196. The summed E-state index contributed by atoms with van der Waals surface area (Å²) >= 11 is 0. The highest BCUT2D eigenvalue weighted by Gasteiger charge is 2.25. The minimum atomic E-state index is -0.826. The van der Waals surface area contributed by atoms with Crippen LogP contribution in [0.5, 0.6) is 0 Å². The van der Waals surface area contributed by atoms with Crippen molar-refractivity contribution >= 4 is 24.2 Å². The van der Waals surface area contributed by atoms with Crippen molar-refractivity contribution < 1.29 is 9.59 Å². The minimum Gasteiger partial charge on any atom is -0.370 e. The first kappa shape index (κ1) is 15.5. The maximum absolute atomic E-state index is 12.0. The van der Waals surface area contributed by atoms with E-state index in [0.29, 0.717) is 13.1 Å². The van der Waals surface area contributed by atoms with Crippen LogP contribution in [0.3, 0.4) is 0 Å². The fourth-order valence-electron chi connectivity index (χ4n) is 2.22. The van der Waals surface area contributed by atoms with Gasteiger partial charge >= 0.3 is 0 Å². The van der Waals surface area contributed by atoms with Crippen LogP contribution >= 0.6 is 12.4 Å². The monoisotopic (exact) mass is 283 g/mol. The lowest BCUT2D eigenvalue weighted by Gasteiger charge is -2.30. The molecule has 1 atom stereocenters. The van der Waals surface area contributed by atoms with Gasteiger partial charge in [-0.15, -0.1) is 12.4 Å². The molecule has 0 bridgehead atoms. The summed E-state index contributed by atoms with van der Waals surface area (Å²) < 4.78 is 0. The van der Waals surface area contributed by atoms with Crippen LogP contribution < -0.4 is 11.5 Å². The van der Waals surface area contributed by atoms with Gasteiger partial charge < -0.3 is 16.4 Å². The summed E-state index contributed by atoms with van der Waals surface area (Å²) in [4.78, 5) is 24.5. The molecule has 0 radical (unpaired) electrons. The van der Waals surface area contributed by atoms with E-state index in [1.54, 1.807) is 4.90 Å². The van der Waals surface area contributed by atoms with E-state index in [9.17, 15) is 9.59 Å². The van der Waals surface area contributed by atoms with E-state index >= 15 is 0 Å². The van der Waals surface area contributed by atoms with Crippen LogP contribution in [-0.4, -0.2) is 29.3 Å². The molecule has 0 saturated carbocycles. The number of fused-ring (bicyclic) bond motifs is 1. The van der Waals surface area contributed by atoms with Gasteiger partial charge in [-0.05, 0) is 17.5 Å². The van der Waals surface area contributed by atoms with Gasteiger partial charge in [-0.2, -0.15) is 0 Å². The number of carbonyl (C=O) groups is 2. The van der Waals surface area contributed by atoms with E-state index in [2.05, 4.69) is 6.07 Å². The molecule has 19 heavy (non-hydrogen) atoms. The van der Waals surface area contributed by atoms with E-state index in [1.807, 2.05) is 18.2 Å². The van der Waals surface area contributed by atoms with Gasteiger partial charge in [-0.25, -0.2) is 0 Å². The zero-order valence-electron chi connectivity index (χ0n) is 10.5. The second kappa shape index (κ2) is 6.54. The van der Waals surface area contributed by atoms with Crippen molar-refractivity contribution in [2.24, 2.45) is 11.5 Å². The SMILES string of the molecule is Cl.NC(=O)CC(N)C(=O)N1CCc2ccccc2C1. The molecule has 4 N–H and O–H groups in total. The summed E-state index contributed by atoms with van der Waals surface area (Å²) in [5, 5.41) is 0. The molecule has 1 unspecified atom stereocenters. The molecule has 2 amide bonds. The number of halogens is 1. The third-order valence-corrected chi connectivity index (χ3v) is 3.18. The number of nitrogens with two attached hydrogens (primary N) is 2. The number of nitrogens with zero attached hydrogens (tertiary/aromatic N) is 1. The number of hydrogen-bond donors (Lipinski definition) is 2. The van der Waals surface area contributed by atoms with Crippen molar-refractivity contribution in [3.05, 3.63) is 35.4 Å². The highest BCUT2D eigenvalue weighted by atomic mass is 35.5. The molecule has 0 saturated heterocycles. The molecule has 1 heterocycles. The molecule has 0 aliphatic carbocycles. The van der Waals surface area contributed by atoms with E-state index in [-0.39, 0.29) is 24.7 Å². The fourth-order valence-corrected chi connectivity index (χ4v) is 2.22. The molecule has 0 fully saturated rings. The Labute approximate surface area is 118 Å². The van der Waals surface area contributed by atoms with E-state index < -0.39 is 11.9 Å². The van der Waals surface area contributed by atoms with Crippen molar-refractivity contribution in [3.8, 4) is 0 Å². The lowest BCUT2D eigenvalue weighted by molar-refractivity contribution is -0.135. The average Bonchev–Trinajstić information content (AvgIpc) is 2.36. The first-order valence-corrected chi connectivity index (χ1v) is 5.97. The predicted molar refractivity (Wildman–Crippen MR) is 74.6 cm³/mol. The molecule has 1 aromatic rings. The van der Waals surface area contributed by atoms with Crippen molar-refractivity contribution in [3.63, 3.8) is 0 Å². The van der Waals surface area contributed by atoms with Crippen molar-refractivity contribution in [1.82, 2.24) is 4.90 Å². The summed E-state index contributed by atoms with van der Waals surface area (Å²) in [7, 11) is 0. The van der Waals surface area contributed by atoms with Crippen LogP contribution in [0.15, 0.2) is 24.3 Å². The molecule has 1 aliphatic rings. The van der Waals surface area contributed by atoms with Gasteiger partial charge in [0.15, 0.2) is 0 Å². The summed E-state index contributed by atoms with van der Waals surface area (Å²) in [6.45, 7) is 1.20. The van der Waals surface area contributed by atoms with Crippen molar-refractivity contribution in [2.45, 2.75) is 25.4 Å². The second-order valence-electron chi connectivity index (χ2n) is 4.56. The van der Waals surface area contributed by atoms with Crippen molar-refractivity contribution in [2.75, 3.05) is 6.54 Å². The lowest BCUT2D eigenvalue weighted by Crippen LogP contribution is -2.47. The highest BCUT2D eigenvalue weighted by molar-refractivity contribution is 5.87. The fraction of sp³-hybridized carbons (Fsp3) is 0.385. The van der Waals surface area contributed by atoms with Gasteiger partial charge in [0.2, 0.25) is 11.8 Å². The van der Waals surface area contributed by atoms with Gasteiger partial charge in [-0.1, -0.05) is 24.3 Å². The Kier molecular flexibility index (Phi) is 5.32. The Hall–Kier alpha value is -1.59. The van der Waals surface area contributed by atoms with E-state index in [4.69, 9.17) is 11.5 Å². The summed E-state index contributed by atoms with van der Waals surface area (Å²) in [5.74, 6) is -0.753. The van der Waals surface area contributed by atoms with Gasteiger partial charge in [0.05, 0.1) is 12.5 Å². The highest BCUT2D eigenvalue weighted by Crippen LogP contribution is 2.19. The number of carbonyl (C=O) groups excluding carboxylic acids is 2. The Balaban J connectivity index is 0.00000180. The van der Waals surface area contributed by atoms with Crippen LogP contribution in [0.25, 0.3) is 0 Å². The topological polar surface area (TPSA) is 89.4 Å². The molecule has 0 aromatic heterocycles. The number of primary amides is 1. The lowest BCUT2D eigenvalue weighted by atomic mass is 9.99. The molecule has 0 spiro atoms. The molecule has 104 valence electrons. The molecule has 6 heteroatoms. The van der Waals surface area contributed by atoms with E-state index in [0.717, 1.165) is 12.0 Å². The summed E-state index contributed by atoms with van der Waals surface area (Å²) in [5.41, 5.74) is 13.1. The number of rotatable bonds is 3. The van der Waals surface area contributed by atoms with Crippen LogP contribution in [-0.2, 0) is 22.6 Å². The zero-order chi connectivity index (χ0) is 13.1. The van der Waals surface area contributed by atoms with Gasteiger partial charge in [-0.3, -0.25) is 9.59 Å². The Morgan fingerprint density at radius 2 is 1.89 bits per heavy atom. The smallest absolute Gasteiger partial charge is 0.240 e. The average molecular weight is 284 g/mol. The van der Waals surface area contributed by atoms with Gasteiger partial charge in [0.1, 0.15) is 0 Å². The maximum atomic E-state index is 12.0. The standard InChI is InChI=1S/C13H17N3O2.ClH/c14-11(7-12(15)17)13(18)16-6-5-9-3-1-2-4-10(9)8-16;/h1-4,11H,5-8,14H2,(H2,15,17);1H. The largest absolute Gasteiger partial charge is 0.370 e. The van der Waals surface area contributed by atoms with Gasteiger partial charge in [0, 0.05) is 13.1 Å². The maximum Gasteiger partial charge on any atom is 0.240 e. The molecule has 1 aliphatic heterocycles. The number of hydrogen-bond acceptors (Lipinski definition) is 3. The molecule has 1 aromatic carbocycles. The number of benzene rings is 1. The van der Waals surface area contributed by atoms with Crippen LogP contribution in [0.1, 0.15) is 17.5 Å². The van der Waals surface area contributed by atoms with Crippen LogP contribution in [0, 0.1) is 0 Å². The second-order valence-corrected chi connectivity index (χ2v) is 4.56. The molecule has 5 nitrogen and oxygen atoms in total. The first-order chi connectivity index (χ1) is 8.58.